The predicted molar refractivity (Wildman–Crippen MR) is 91.9 cm³/mol. The van der Waals surface area contributed by atoms with Crippen molar-refractivity contribution < 1.29 is 9.59 Å². The second kappa shape index (κ2) is 7.02. The van der Waals surface area contributed by atoms with Gasteiger partial charge in [-0.15, -0.1) is 0 Å². The molecule has 1 aliphatic heterocycles. The molecular formula is C18H25N3O2. The Labute approximate surface area is 137 Å². The van der Waals surface area contributed by atoms with E-state index in [4.69, 9.17) is 0 Å². The number of amides is 2. The molecular weight excluding hydrogens is 290 g/mol. The van der Waals surface area contributed by atoms with Gasteiger partial charge in [-0.05, 0) is 50.3 Å². The van der Waals surface area contributed by atoms with Crippen molar-refractivity contribution in [1.82, 2.24) is 5.32 Å². The molecule has 2 N–H and O–H groups in total. The van der Waals surface area contributed by atoms with Crippen LogP contribution in [0.3, 0.4) is 0 Å². The third-order valence-electron chi connectivity index (χ3n) is 4.46. The molecule has 0 unspecified atom stereocenters. The Bertz CT molecular complexity index is 590. The summed E-state index contributed by atoms with van der Waals surface area (Å²) < 4.78 is 0. The largest absolute Gasteiger partial charge is 0.371 e. The average molecular weight is 315 g/mol. The smallest absolute Gasteiger partial charge is 0.253 e. The van der Waals surface area contributed by atoms with Crippen molar-refractivity contribution in [3.05, 3.63) is 23.8 Å². The van der Waals surface area contributed by atoms with Crippen LogP contribution >= 0.6 is 0 Å². The van der Waals surface area contributed by atoms with Gasteiger partial charge >= 0.3 is 0 Å². The summed E-state index contributed by atoms with van der Waals surface area (Å²) >= 11 is 0. The second-order valence-corrected chi connectivity index (χ2v) is 6.43. The van der Waals surface area contributed by atoms with Crippen LogP contribution in [-0.2, 0) is 4.79 Å². The fourth-order valence-corrected chi connectivity index (χ4v) is 2.95. The molecule has 1 saturated carbocycles. The van der Waals surface area contributed by atoms with Crippen LogP contribution in [0.5, 0.6) is 0 Å². The molecule has 1 aromatic rings. The summed E-state index contributed by atoms with van der Waals surface area (Å²) in [6, 6.07) is 6.00. The molecule has 1 heterocycles. The summed E-state index contributed by atoms with van der Waals surface area (Å²) in [4.78, 5) is 26.5. The van der Waals surface area contributed by atoms with Gasteiger partial charge in [0.25, 0.3) is 5.91 Å². The topological polar surface area (TPSA) is 61.4 Å². The van der Waals surface area contributed by atoms with Gasteiger partial charge in [0.1, 0.15) is 0 Å². The van der Waals surface area contributed by atoms with E-state index < -0.39 is 0 Å². The van der Waals surface area contributed by atoms with Gasteiger partial charge in [-0.3, -0.25) is 9.59 Å². The van der Waals surface area contributed by atoms with E-state index in [9.17, 15) is 9.59 Å². The standard InChI is InChI=1S/C18H25N3O2/c1-2-17(22)19-14-8-9-16(21-10-4-3-5-11-21)15(12-14)18(23)20-13-6-7-13/h8-9,12-13H,2-7,10-11H2,1H3,(H,19,22)(H,20,23). The molecule has 1 aliphatic carbocycles. The Balaban J connectivity index is 1.86. The molecule has 0 atom stereocenters. The quantitative estimate of drug-likeness (QED) is 0.878. The summed E-state index contributed by atoms with van der Waals surface area (Å²) in [5, 5.41) is 5.91. The maximum absolute atomic E-state index is 12.6. The van der Waals surface area contributed by atoms with Crippen LogP contribution in [0.2, 0.25) is 0 Å². The monoisotopic (exact) mass is 315 g/mol. The number of hydrogen-bond donors (Lipinski definition) is 2. The lowest BCUT2D eigenvalue weighted by atomic mass is 10.1. The SMILES string of the molecule is CCC(=O)Nc1ccc(N2CCCCC2)c(C(=O)NC2CC2)c1. The van der Waals surface area contributed by atoms with E-state index in [2.05, 4.69) is 15.5 Å². The van der Waals surface area contributed by atoms with Crippen molar-refractivity contribution in [2.45, 2.75) is 51.5 Å². The minimum atomic E-state index is -0.0377. The van der Waals surface area contributed by atoms with Crippen LogP contribution in [0.15, 0.2) is 18.2 Å². The van der Waals surface area contributed by atoms with E-state index in [1.807, 2.05) is 25.1 Å². The van der Waals surface area contributed by atoms with Crippen LogP contribution in [0.1, 0.15) is 55.8 Å². The van der Waals surface area contributed by atoms with E-state index in [0.29, 0.717) is 23.7 Å². The highest BCUT2D eigenvalue weighted by molar-refractivity contribution is 6.02. The molecule has 5 nitrogen and oxygen atoms in total. The predicted octanol–water partition coefficient (Wildman–Crippen LogP) is 2.92. The molecule has 5 heteroatoms. The molecule has 2 fully saturated rings. The normalized spacial score (nSPS) is 17.7. The Kier molecular flexibility index (Phi) is 4.84. The summed E-state index contributed by atoms with van der Waals surface area (Å²) in [6.45, 7) is 3.80. The summed E-state index contributed by atoms with van der Waals surface area (Å²) in [5.41, 5.74) is 2.35. The number of hydrogen-bond acceptors (Lipinski definition) is 3. The van der Waals surface area contributed by atoms with Crippen molar-refractivity contribution in [2.24, 2.45) is 0 Å². The fourth-order valence-electron chi connectivity index (χ4n) is 2.95. The second-order valence-electron chi connectivity index (χ2n) is 6.43. The van der Waals surface area contributed by atoms with Gasteiger partial charge < -0.3 is 15.5 Å². The molecule has 124 valence electrons. The van der Waals surface area contributed by atoms with Crippen LogP contribution in [0, 0.1) is 0 Å². The number of piperidine rings is 1. The molecule has 2 aliphatic rings. The first-order valence-electron chi connectivity index (χ1n) is 8.67. The molecule has 0 bridgehead atoms. The molecule has 3 rings (SSSR count). The molecule has 0 spiro atoms. The molecule has 23 heavy (non-hydrogen) atoms. The Morgan fingerprint density at radius 2 is 1.91 bits per heavy atom. The first kappa shape index (κ1) is 15.8. The lowest BCUT2D eigenvalue weighted by Gasteiger charge is -2.30. The van der Waals surface area contributed by atoms with Gasteiger partial charge in [0.05, 0.1) is 5.56 Å². The maximum atomic E-state index is 12.6. The Morgan fingerprint density at radius 3 is 2.57 bits per heavy atom. The van der Waals surface area contributed by atoms with E-state index in [1.165, 1.54) is 6.42 Å². The molecule has 1 saturated heterocycles. The zero-order chi connectivity index (χ0) is 16.2. The molecule has 0 radical (unpaired) electrons. The summed E-state index contributed by atoms with van der Waals surface area (Å²) in [6.07, 6.45) is 6.15. The Morgan fingerprint density at radius 1 is 1.17 bits per heavy atom. The minimum Gasteiger partial charge on any atom is -0.371 e. The lowest BCUT2D eigenvalue weighted by molar-refractivity contribution is -0.115. The van der Waals surface area contributed by atoms with Crippen LogP contribution in [0.4, 0.5) is 11.4 Å². The highest BCUT2D eigenvalue weighted by Crippen LogP contribution is 2.28. The lowest BCUT2D eigenvalue weighted by Crippen LogP contribution is -2.33. The number of carbonyl (C=O) groups is 2. The molecule has 1 aromatic carbocycles. The van der Waals surface area contributed by atoms with Gasteiger partial charge in [-0.1, -0.05) is 6.92 Å². The number of benzene rings is 1. The fraction of sp³-hybridized carbons (Fsp3) is 0.556. The van der Waals surface area contributed by atoms with Gasteiger partial charge in [-0.25, -0.2) is 0 Å². The maximum Gasteiger partial charge on any atom is 0.253 e. The van der Waals surface area contributed by atoms with Crippen molar-refractivity contribution >= 4 is 23.2 Å². The third-order valence-corrected chi connectivity index (χ3v) is 4.46. The van der Waals surface area contributed by atoms with Crippen LogP contribution in [-0.4, -0.2) is 30.9 Å². The van der Waals surface area contributed by atoms with Gasteiger partial charge in [0.15, 0.2) is 0 Å². The van der Waals surface area contributed by atoms with Crippen molar-refractivity contribution in [1.29, 1.82) is 0 Å². The zero-order valence-corrected chi connectivity index (χ0v) is 13.7. The zero-order valence-electron chi connectivity index (χ0n) is 13.7. The number of nitrogens with zero attached hydrogens (tertiary/aromatic N) is 1. The van der Waals surface area contributed by atoms with Gasteiger partial charge in [0, 0.05) is 36.9 Å². The number of nitrogens with one attached hydrogen (secondary N) is 2. The number of anilines is 2. The van der Waals surface area contributed by atoms with Crippen LogP contribution < -0.4 is 15.5 Å². The first-order valence-corrected chi connectivity index (χ1v) is 8.67. The van der Waals surface area contributed by atoms with Crippen molar-refractivity contribution in [3.63, 3.8) is 0 Å². The Hall–Kier alpha value is -2.04. The van der Waals surface area contributed by atoms with Crippen LogP contribution in [0.25, 0.3) is 0 Å². The van der Waals surface area contributed by atoms with E-state index in [-0.39, 0.29) is 11.8 Å². The van der Waals surface area contributed by atoms with E-state index >= 15 is 0 Å². The minimum absolute atomic E-state index is 0.0272. The highest BCUT2D eigenvalue weighted by atomic mass is 16.2. The van der Waals surface area contributed by atoms with Crippen molar-refractivity contribution in [3.8, 4) is 0 Å². The summed E-state index contributed by atoms with van der Waals surface area (Å²) in [5.74, 6) is -0.0649. The summed E-state index contributed by atoms with van der Waals surface area (Å²) in [7, 11) is 0. The van der Waals surface area contributed by atoms with Gasteiger partial charge in [-0.2, -0.15) is 0 Å². The highest BCUT2D eigenvalue weighted by Gasteiger charge is 2.26. The van der Waals surface area contributed by atoms with Crippen molar-refractivity contribution in [2.75, 3.05) is 23.3 Å². The van der Waals surface area contributed by atoms with E-state index in [1.54, 1.807) is 0 Å². The van der Waals surface area contributed by atoms with Gasteiger partial charge in [0.2, 0.25) is 5.91 Å². The average Bonchev–Trinajstić information content (AvgIpc) is 3.39. The number of rotatable bonds is 5. The number of carbonyl (C=O) groups excluding carboxylic acids is 2. The first-order chi connectivity index (χ1) is 11.2. The molecule has 0 aromatic heterocycles. The third kappa shape index (κ3) is 4.03. The van der Waals surface area contributed by atoms with E-state index in [0.717, 1.165) is 44.5 Å². The molecule has 2 amide bonds.